The van der Waals surface area contributed by atoms with Gasteiger partial charge in [0.1, 0.15) is 6.33 Å². The second kappa shape index (κ2) is 7.95. The van der Waals surface area contributed by atoms with Crippen LogP contribution >= 0.6 is 0 Å². The average Bonchev–Trinajstić information content (AvgIpc) is 3.21. The second-order valence-corrected chi connectivity index (χ2v) is 5.63. The van der Waals surface area contributed by atoms with Crippen molar-refractivity contribution in [2.75, 3.05) is 0 Å². The van der Waals surface area contributed by atoms with E-state index in [-0.39, 0.29) is 18.0 Å². The van der Waals surface area contributed by atoms with Crippen LogP contribution in [0, 0.1) is 10.1 Å². The lowest BCUT2D eigenvalue weighted by molar-refractivity contribution is -0.384. The molecule has 0 saturated carbocycles. The van der Waals surface area contributed by atoms with Gasteiger partial charge >= 0.3 is 0 Å². The standard InChI is InChI=1S/C17H15N7O3/c1-12(14-4-8-15(9-5-14)23-11-18-21-22-23)19-20-17(25)10-13-2-6-16(7-3-13)24(26)27/h2-9,11H,10H2,1H3,(H,20,25)/b19-12+. The fraction of sp³-hybridized carbons (Fsp3) is 0.118. The molecule has 136 valence electrons. The largest absolute Gasteiger partial charge is 0.273 e. The van der Waals surface area contributed by atoms with Crippen molar-refractivity contribution in [1.82, 2.24) is 25.6 Å². The fourth-order valence-corrected chi connectivity index (χ4v) is 2.31. The fourth-order valence-electron chi connectivity index (χ4n) is 2.31. The monoisotopic (exact) mass is 365 g/mol. The molecule has 0 aliphatic heterocycles. The highest BCUT2D eigenvalue weighted by atomic mass is 16.6. The molecule has 0 aliphatic rings. The minimum atomic E-state index is -0.484. The Morgan fingerprint density at radius 3 is 2.48 bits per heavy atom. The van der Waals surface area contributed by atoms with Gasteiger partial charge in [0.25, 0.3) is 5.69 Å². The van der Waals surface area contributed by atoms with Gasteiger partial charge in [0.15, 0.2) is 0 Å². The van der Waals surface area contributed by atoms with E-state index >= 15 is 0 Å². The summed E-state index contributed by atoms with van der Waals surface area (Å²) in [7, 11) is 0. The van der Waals surface area contributed by atoms with Crippen LogP contribution in [0.4, 0.5) is 5.69 Å². The molecule has 0 fully saturated rings. The molecule has 0 aliphatic carbocycles. The van der Waals surface area contributed by atoms with E-state index in [9.17, 15) is 14.9 Å². The number of aromatic nitrogens is 4. The quantitative estimate of drug-likeness (QED) is 0.402. The number of hydrazone groups is 1. The molecule has 1 amide bonds. The van der Waals surface area contributed by atoms with E-state index in [2.05, 4.69) is 26.1 Å². The molecular formula is C17H15N7O3. The summed E-state index contributed by atoms with van der Waals surface area (Å²) in [4.78, 5) is 22.1. The van der Waals surface area contributed by atoms with Crippen molar-refractivity contribution in [1.29, 1.82) is 0 Å². The zero-order valence-electron chi connectivity index (χ0n) is 14.3. The van der Waals surface area contributed by atoms with Crippen LogP contribution in [0.15, 0.2) is 60.0 Å². The van der Waals surface area contributed by atoms with Crippen LogP contribution in [0.1, 0.15) is 18.1 Å². The zero-order valence-corrected chi connectivity index (χ0v) is 14.3. The van der Waals surface area contributed by atoms with Gasteiger partial charge in [0, 0.05) is 12.1 Å². The van der Waals surface area contributed by atoms with Crippen molar-refractivity contribution in [3.05, 3.63) is 76.1 Å². The van der Waals surface area contributed by atoms with Crippen LogP contribution in [-0.2, 0) is 11.2 Å². The number of tetrazole rings is 1. The molecule has 1 heterocycles. The molecule has 0 atom stereocenters. The highest BCUT2D eigenvalue weighted by molar-refractivity contribution is 5.99. The smallest absolute Gasteiger partial charge is 0.269 e. The van der Waals surface area contributed by atoms with E-state index in [4.69, 9.17) is 0 Å². The summed E-state index contributed by atoms with van der Waals surface area (Å²) < 4.78 is 1.53. The molecule has 1 aromatic heterocycles. The van der Waals surface area contributed by atoms with Gasteiger partial charge in [-0.1, -0.05) is 24.3 Å². The lowest BCUT2D eigenvalue weighted by atomic mass is 10.1. The van der Waals surface area contributed by atoms with Crippen LogP contribution in [0.25, 0.3) is 5.69 Å². The number of non-ortho nitro benzene ring substituents is 1. The van der Waals surface area contributed by atoms with Crippen molar-refractivity contribution < 1.29 is 9.72 Å². The summed E-state index contributed by atoms with van der Waals surface area (Å²) in [5.41, 5.74) is 5.41. The Balaban J connectivity index is 1.59. The van der Waals surface area contributed by atoms with Gasteiger partial charge in [-0.3, -0.25) is 14.9 Å². The zero-order chi connectivity index (χ0) is 19.2. The maximum Gasteiger partial charge on any atom is 0.269 e. The normalized spacial score (nSPS) is 11.2. The van der Waals surface area contributed by atoms with Gasteiger partial charge in [-0.15, -0.1) is 5.10 Å². The van der Waals surface area contributed by atoms with Crippen LogP contribution in [0.3, 0.4) is 0 Å². The molecule has 2 aromatic carbocycles. The van der Waals surface area contributed by atoms with E-state index in [0.29, 0.717) is 11.3 Å². The third kappa shape index (κ3) is 4.57. The van der Waals surface area contributed by atoms with Crippen molar-refractivity contribution in [2.24, 2.45) is 5.10 Å². The van der Waals surface area contributed by atoms with Gasteiger partial charge in [0.05, 0.1) is 22.7 Å². The molecule has 0 saturated heterocycles. The van der Waals surface area contributed by atoms with Gasteiger partial charge in [-0.2, -0.15) is 5.10 Å². The molecule has 27 heavy (non-hydrogen) atoms. The minimum absolute atomic E-state index is 0.0156. The topological polar surface area (TPSA) is 128 Å². The maximum absolute atomic E-state index is 12.0. The lowest BCUT2D eigenvalue weighted by Crippen LogP contribution is -2.21. The van der Waals surface area contributed by atoms with Crippen LogP contribution in [0.2, 0.25) is 0 Å². The van der Waals surface area contributed by atoms with Gasteiger partial charge in [0.2, 0.25) is 5.91 Å². The number of hydrogen-bond donors (Lipinski definition) is 1. The maximum atomic E-state index is 12.0. The number of carbonyl (C=O) groups excluding carboxylic acids is 1. The molecule has 3 rings (SSSR count). The second-order valence-electron chi connectivity index (χ2n) is 5.63. The number of rotatable bonds is 6. The Kier molecular flexibility index (Phi) is 5.26. The first-order chi connectivity index (χ1) is 13.0. The van der Waals surface area contributed by atoms with Gasteiger partial charge < -0.3 is 0 Å². The Morgan fingerprint density at radius 1 is 1.19 bits per heavy atom. The third-order valence-corrected chi connectivity index (χ3v) is 3.76. The van der Waals surface area contributed by atoms with E-state index in [0.717, 1.165) is 11.3 Å². The molecule has 0 unspecified atom stereocenters. The lowest BCUT2D eigenvalue weighted by Gasteiger charge is -2.05. The summed E-state index contributed by atoms with van der Waals surface area (Å²) >= 11 is 0. The number of hydrogen-bond acceptors (Lipinski definition) is 7. The van der Waals surface area contributed by atoms with Crippen LogP contribution in [-0.4, -0.2) is 36.7 Å². The highest BCUT2D eigenvalue weighted by Crippen LogP contribution is 2.12. The molecule has 3 aromatic rings. The Hall–Kier alpha value is -3.95. The van der Waals surface area contributed by atoms with Gasteiger partial charge in [-0.05, 0) is 40.6 Å². The Labute approximate surface area is 153 Å². The Bertz CT molecular complexity index is 965. The predicted molar refractivity (Wildman–Crippen MR) is 96.3 cm³/mol. The summed E-state index contributed by atoms with van der Waals surface area (Å²) in [5.74, 6) is -0.312. The Morgan fingerprint density at radius 2 is 1.89 bits per heavy atom. The predicted octanol–water partition coefficient (Wildman–Crippen LogP) is 1.65. The number of benzene rings is 2. The number of carbonyl (C=O) groups is 1. The first-order valence-corrected chi connectivity index (χ1v) is 7.93. The first-order valence-electron chi connectivity index (χ1n) is 7.93. The van der Waals surface area contributed by atoms with Crippen molar-refractivity contribution in [2.45, 2.75) is 13.3 Å². The minimum Gasteiger partial charge on any atom is -0.273 e. The van der Waals surface area contributed by atoms with E-state index in [1.54, 1.807) is 19.1 Å². The number of nitrogens with one attached hydrogen (secondary N) is 1. The van der Waals surface area contributed by atoms with E-state index < -0.39 is 4.92 Å². The number of nitro groups is 1. The van der Waals surface area contributed by atoms with Crippen molar-refractivity contribution >= 4 is 17.3 Å². The molecular weight excluding hydrogens is 350 g/mol. The molecule has 10 heteroatoms. The summed E-state index contributed by atoms with van der Waals surface area (Å²) in [6.07, 6.45) is 1.57. The summed E-state index contributed by atoms with van der Waals surface area (Å²) in [5, 5.41) is 25.7. The molecule has 10 nitrogen and oxygen atoms in total. The number of nitrogens with zero attached hydrogens (tertiary/aromatic N) is 6. The number of nitro benzene ring substituents is 1. The van der Waals surface area contributed by atoms with Crippen molar-refractivity contribution in [3.8, 4) is 5.69 Å². The van der Waals surface area contributed by atoms with Crippen LogP contribution < -0.4 is 5.43 Å². The van der Waals surface area contributed by atoms with E-state index in [1.807, 2.05) is 24.3 Å². The van der Waals surface area contributed by atoms with Crippen molar-refractivity contribution in [3.63, 3.8) is 0 Å². The number of amides is 1. The molecule has 0 radical (unpaired) electrons. The van der Waals surface area contributed by atoms with Crippen LogP contribution in [0.5, 0.6) is 0 Å². The molecule has 0 bridgehead atoms. The summed E-state index contributed by atoms with van der Waals surface area (Å²) in [6.45, 7) is 1.78. The highest BCUT2D eigenvalue weighted by Gasteiger charge is 2.07. The average molecular weight is 365 g/mol. The summed E-state index contributed by atoms with van der Waals surface area (Å²) in [6, 6.07) is 13.2. The molecule has 1 N–H and O–H groups in total. The van der Waals surface area contributed by atoms with Gasteiger partial charge in [-0.25, -0.2) is 10.1 Å². The SMILES string of the molecule is C/C(=N\NC(=O)Cc1ccc([N+](=O)[O-])cc1)c1ccc(-n2cnnn2)cc1. The third-order valence-electron chi connectivity index (χ3n) is 3.76. The van der Waals surface area contributed by atoms with E-state index in [1.165, 1.54) is 23.1 Å². The first kappa shape index (κ1) is 17.9. The molecule has 0 spiro atoms.